The van der Waals surface area contributed by atoms with E-state index in [-0.39, 0.29) is 6.04 Å². The zero-order valence-electron chi connectivity index (χ0n) is 8.12. The van der Waals surface area contributed by atoms with Crippen LogP contribution in [0.4, 0.5) is 0 Å². The fraction of sp³-hybridized carbons (Fsp3) is 1.00. The van der Waals surface area contributed by atoms with Crippen molar-refractivity contribution in [3.8, 4) is 0 Å². The quantitative estimate of drug-likeness (QED) is 0.657. The molecule has 2 N–H and O–H groups in total. The first-order valence-electron chi connectivity index (χ1n) is 4.79. The lowest BCUT2D eigenvalue weighted by Crippen LogP contribution is -2.45. The Balaban J connectivity index is 2.37. The van der Waals surface area contributed by atoms with Crippen molar-refractivity contribution < 1.29 is 4.74 Å². The van der Waals surface area contributed by atoms with Crippen LogP contribution in [0.15, 0.2) is 0 Å². The van der Waals surface area contributed by atoms with E-state index in [1.165, 1.54) is 0 Å². The standard InChI is InChI=1S/C9H20N2O/c1-8(10)9(2)11-4-3-6-12-7-5-11/h8-9H,3-7,10H2,1-2H3. The van der Waals surface area contributed by atoms with Gasteiger partial charge in [-0.25, -0.2) is 0 Å². The zero-order valence-corrected chi connectivity index (χ0v) is 8.12. The van der Waals surface area contributed by atoms with Crippen molar-refractivity contribution in [1.29, 1.82) is 0 Å². The first-order chi connectivity index (χ1) is 5.72. The molecule has 1 aliphatic heterocycles. The van der Waals surface area contributed by atoms with Gasteiger partial charge >= 0.3 is 0 Å². The Bertz CT molecular complexity index is 120. The maximum absolute atomic E-state index is 5.84. The molecule has 1 saturated heterocycles. The molecule has 1 heterocycles. The average Bonchev–Trinajstić information content (AvgIpc) is 2.30. The second-order valence-corrected chi connectivity index (χ2v) is 3.60. The monoisotopic (exact) mass is 172 g/mol. The molecule has 0 aromatic carbocycles. The van der Waals surface area contributed by atoms with Crippen LogP contribution in [0.3, 0.4) is 0 Å². The summed E-state index contributed by atoms with van der Waals surface area (Å²) in [5, 5.41) is 0. The van der Waals surface area contributed by atoms with E-state index in [2.05, 4.69) is 18.7 Å². The van der Waals surface area contributed by atoms with Gasteiger partial charge in [0.15, 0.2) is 0 Å². The molecule has 0 radical (unpaired) electrons. The molecule has 3 nitrogen and oxygen atoms in total. The second kappa shape index (κ2) is 4.80. The highest BCUT2D eigenvalue weighted by molar-refractivity contribution is 4.75. The fourth-order valence-electron chi connectivity index (χ4n) is 1.51. The third-order valence-corrected chi connectivity index (χ3v) is 2.59. The lowest BCUT2D eigenvalue weighted by atomic mass is 10.1. The van der Waals surface area contributed by atoms with Crippen LogP contribution in [0.1, 0.15) is 20.3 Å². The molecule has 0 saturated carbocycles. The van der Waals surface area contributed by atoms with Gasteiger partial charge in [0.25, 0.3) is 0 Å². The number of nitrogens with zero attached hydrogens (tertiary/aromatic N) is 1. The van der Waals surface area contributed by atoms with Gasteiger partial charge in [0.2, 0.25) is 0 Å². The Morgan fingerprint density at radius 2 is 2.00 bits per heavy atom. The highest BCUT2D eigenvalue weighted by Crippen LogP contribution is 2.06. The Kier molecular flexibility index (Phi) is 3.98. The van der Waals surface area contributed by atoms with E-state index < -0.39 is 0 Å². The summed E-state index contributed by atoms with van der Waals surface area (Å²) in [6.45, 7) is 8.18. The summed E-state index contributed by atoms with van der Waals surface area (Å²) in [4.78, 5) is 2.41. The smallest absolute Gasteiger partial charge is 0.0593 e. The van der Waals surface area contributed by atoms with E-state index in [9.17, 15) is 0 Å². The Morgan fingerprint density at radius 3 is 2.67 bits per heavy atom. The molecule has 0 spiro atoms. The van der Waals surface area contributed by atoms with Crippen molar-refractivity contribution in [2.45, 2.75) is 32.4 Å². The first-order valence-corrected chi connectivity index (χ1v) is 4.79. The summed E-state index contributed by atoms with van der Waals surface area (Å²) in [6, 6.07) is 0.731. The molecular weight excluding hydrogens is 152 g/mol. The summed E-state index contributed by atoms with van der Waals surface area (Å²) in [7, 11) is 0. The Labute approximate surface area is 74.9 Å². The normalized spacial score (nSPS) is 26.2. The molecule has 1 aliphatic rings. The van der Waals surface area contributed by atoms with Gasteiger partial charge in [-0.1, -0.05) is 0 Å². The summed E-state index contributed by atoms with van der Waals surface area (Å²) in [5.41, 5.74) is 5.84. The second-order valence-electron chi connectivity index (χ2n) is 3.60. The summed E-state index contributed by atoms with van der Waals surface area (Å²) in [5.74, 6) is 0. The van der Waals surface area contributed by atoms with Crippen LogP contribution in [0.2, 0.25) is 0 Å². The van der Waals surface area contributed by atoms with Crippen LogP contribution in [0.25, 0.3) is 0 Å². The molecule has 72 valence electrons. The van der Waals surface area contributed by atoms with E-state index in [0.717, 1.165) is 32.7 Å². The maximum Gasteiger partial charge on any atom is 0.0593 e. The molecule has 0 aromatic rings. The fourth-order valence-corrected chi connectivity index (χ4v) is 1.51. The van der Waals surface area contributed by atoms with E-state index >= 15 is 0 Å². The largest absolute Gasteiger partial charge is 0.380 e. The van der Waals surface area contributed by atoms with Gasteiger partial charge < -0.3 is 10.5 Å². The Hall–Kier alpha value is -0.120. The molecule has 12 heavy (non-hydrogen) atoms. The number of nitrogens with two attached hydrogens (primary N) is 1. The van der Waals surface area contributed by atoms with Crippen molar-refractivity contribution in [3.05, 3.63) is 0 Å². The summed E-state index contributed by atoms with van der Waals surface area (Å²) < 4.78 is 5.37. The van der Waals surface area contributed by atoms with E-state index in [1.807, 2.05) is 0 Å². The van der Waals surface area contributed by atoms with Gasteiger partial charge in [-0.3, -0.25) is 4.90 Å². The molecular formula is C9H20N2O. The van der Waals surface area contributed by atoms with Crippen LogP contribution in [-0.4, -0.2) is 43.3 Å². The van der Waals surface area contributed by atoms with Gasteiger partial charge in [-0.2, -0.15) is 0 Å². The predicted octanol–water partition coefficient (Wildman–Crippen LogP) is 0.444. The highest BCUT2D eigenvalue weighted by atomic mass is 16.5. The van der Waals surface area contributed by atoms with Crippen LogP contribution in [-0.2, 0) is 4.74 Å². The third-order valence-electron chi connectivity index (χ3n) is 2.59. The molecule has 1 fully saturated rings. The van der Waals surface area contributed by atoms with Crippen molar-refractivity contribution >= 4 is 0 Å². The van der Waals surface area contributed by atoms with Gasteiger partial charge in [-0.15, -0.1) is 0 Å². The number of ether oxygens (including phenoxy) is 1. The van der Waals surface area contributed by atoms with Crippen molar-refractivity contribution in [2.75, 3.05) is 26.3 Å². The molecule has 2 unspecified atom stereocenters. The van der Waals surface area contributed by atoms with E-state index in [1.54, 1.807) is 0 Å². The summed E-state index contributed by atoms with van der Waals surface area (Å²) >= 11 is 0. The van der Waals surface area contributed by atoms with E-state index in [0.29, 0.717) is 6.04 Å². The molecule has 2 atom stereocenters. The third kappa shape index (κ3) is 2.73. The minimum atomic E-state index is 0.253. The average molecular weight is 172 g/mol. The van der Waals surface area contributed by atoms with Gasteiger partial charge in [0, 0.05) is 31.8 Å². The van der Waals surface area contributed by atoms with E-state index in [4.69, 9.17) is 10.5 Å². The summed E-state index contributed by atoms with van der Waals surface area (Å²) in [6.07, 6.45) is 1.14. The molecule has 0 amide bonds. The van der Waals surface area contributed by atoms with Crippen LogP contribution < -0.4 is 5.73 Å². The van der Waals surface area contributed by atoms with Gasteiger partial charge in [0.05, 0.1) is 6.61 Å². The predicted molar refractivity (Wildman–Crippen MR) is 50.1 cm³/mol. The number of rotatable bonds is 2. The van der Waals surface area contributed by atoms with Gasteiger partial charge in [0.1, 0.15) is 0 Å². The molecule has 1 rings (SSSR count). The minimum Gasteiger partial charge on any atom is -0.380 e. The lowest BCUT2D eigenvalue weighted by molar-refractivity contribution is 0.130. The highest BCUT2D eigenvalue weighted by Gasteiger charge is 2.18. The zero-order chi connectivity index (χ0) is 8.97. The molecule has 0 bridgehead atoms. The molecule has 0 aromatic heterocycles. The number of hydrogen-bond donors (Lipinski definition) is 1. The lowest BCUT2D eigenvalue weighted by Gasteiger charge is -2.29. The van der Waals surface area contributed by atoms with Gasteiger partial charge in [-0.05, 0) is 20.3 Å². The maximum atomic E-state index is 5.84. The van der Waals surface area contributed by atoms with Crippen LogP contribution in [0.5, 0.6) is 0 Å². The first kappa shape index (κ1) is 9.96. The SMILES string of the molecule is CC(N)C(C)N1CCCOCC1. The Morgan fingerprint density at radius 1 is 1.25 bits per heavy atom. The van der Waals surface area contributed by atoms with Crippen molar-refractivity contribution in [2.24, 2.45) is 5.73 Å². The van der Waals surface area contributed by atoms with Crippen LogP contribution >= 0.6 is 0 Å². The number of hydrogen-bond acceptors (Lipinski definition) is 3. The van der Waals surface area contributed by atoms with Crippen molar-refractivity contribution in [1.82, 2.24) is 4.90 Å². The molecule has 3 heteroatoms. The van der Waals surface area contributed by atoms with Crippen LogP contribution in [0, 0.1) is 0 Å². The topological polar surface area (TPSA) is 38.5 Å². The molecule has 0 aliphatic carbocycles. The van der Waals surface area contributed by atoms with Crippen molar-refractivity contribution in [3.63, 3.8) is 0 Å². The minimum absolute atomic E-state index is 0.253.